The summed E-state index contributed by atoms with van der Waals surface area (Å²) in [6.45, 7) is 6.54. The molecule has 1 saturated carbocycles. The van der Waals surface area contributed by atoms with Gasteiger partial charge in [-0.05, 0) is 64.3 Å². The predicted octanol–water partition coefficient (Wildman–Crippen LogP) is 4.81. The molecule has 0 spiro atoms. The number of carbonyl (C=O) groups is 1. The van der Waals surface area contributed by atoms with Gasteiger partial charge in [-0.25, -0.2) is 0 Å². The van der Waals surface area contributed by atoms with Crippen molar-refractivity contribution < 1.29 is 18.8 Å². The van der Waals surface area contributed by atoms with E-state index in [0.717, 1.165) is 63.9 Å². The number of benzene rings is 1. The Morgan fingerprint density at radius 3 is 2.56 bits per heavy atom. The fourth-order valence-corrected chi connectivity index (χ4v) is 4.15. The van der Waals surface area contributed by atoms with Crippen molar-refractivity contribution in [3.63, 3.8) is 0 Å². The normalized spacial score (nSPS) is 18.5. The lowest BCUT2D eigenvalue weighted by Crippen LogP contribution is -2.40. The summed E-state index contributed by atoms with van der Waals surface area (Å²) in [5.41, 5.74) is -0.542. The number of likely N-dealkylation sites (N-methyl/N-ethyl adjacent to an activating group) is 1. The van der Waals surface area contributed by atoms with Gasteiger partial charge in [-0.1, -0.05) is 18.9 Å². The molecule has 0 aliphatic heterocycles. The molecule has 0 unspecified atom stereocenters. The van der Waals surface area contributed by atoms with Crippen molar-refractivity contribution in [2.24, 2.45) is 0 Å². The highest BCUT2D eigenvalue weighted by Crippen LogP contribution is 2.27. The van der Waals surface area contributed by atoms with Gasteiger partial charge < -0.3 is 14.5 Å². The number of rotatable bonds is 13. The van der Waals surface area contributed by atoms with Crippen LogP contribution in [-0.2, 0) is 4.74 Å². The molecule has 1 fully saturated rings. The van der Waals surface area contributed by atoms with Crippen LogP contribution in [0.2, 0.25) is 0 Å². The van der Waals surface area contributed by atoms with Gasteiger partial charge in [0.05, 0.1) is 11.0 Å². The molecular weight excluding hydrogens is 413 g/mol. The maximum Gasteiger partial charge on any atom is 0.305 e. The van der Waals surface area contributed by atoms with Crippen molar-refractivity contribution in [2.75, 3.05) is 33.8 Å². The van der Waals surface area contributed by atoms with Crippen LogP contribution in [0.3, 0.4) is 0 Å². The van der Waals surface area contributed by atoms with Gasteiger partial charge in [0.2, 0.25) is 5.82 Å². The van der Waals surface area contributed by atoms with Crippen molar-refractivity contribution in [1.29, 1.82) is 0 Å². The lowest BCUT2D eigenvalue weighted by Gasteiger charge is -2.34. The van der Waals surface area contributed by atoms with Crippen LogP contribution < -0.4 is 0 Å². The third-order valence-electron chi connectivity index (χ3n) is 6.13. The molecule has 0 heterocycles. The monoisotopic (exact) mass is 449 g/mol. The van der Waals surface area contributed by atoms with Crippen LogP contribution in [0.1, 0.15) is 61.7 Å². The molecule has 0 radical (unpaired) electrons. The fourth-order valence-electron chi connectivity index (χ4n) is 4.15. The molecule has 1 aliphatic carbocycles. The Morgan fingerprint density at radius 2 is 1.91 bits per heavy atom. The first-order valence-corrected chi connectivity index (χ1v) is 11.5. The Morgan fingerprint density at radius 1 is 1.22 bits per heavy atom. The number of carbonyl (C=O) groups excluding carboxylic acids is 1. The topological polar surface area (TPSA) is 75.9 Å². The highest BCUT2D eigenvalue weighted by Gasteiger charge is 2.28. The molecule has 0 atom stereocenters. The largest absolute Gasteiger partial charge is 0.378 e. The minimum atomic E-state index is -0.938. The molecule has 1 aromatic carbocycles. The van der Waals surface area contributed by atoms with E-state index in [4.69, 9.17) is 4.74 Å². The Balaban J connectivity index is 1.67. The first-order chi connectivity index (χ1) is 15.3. The van der Waals surface area contributed by atoms with Crippen LogP contribution in [0.15, 0.2) is 30.9 Å². The van der Waals surface area contributed by atoms with E-state index in [1.807, 2.05) is 6.08 Å². The smallest absolute Gasteiger partial charge is 0.305 e. The zero-order valence-electron chi connectivity index (χ0n) is 19.3. The maximum absolute atomic E-state index is 13.5. The molecule has 0 N–H and O–H groups in total. The van der Waals surface area contributed by atoms with Crippen molar-refractivity contribution in [3.05, 3.63) is 52.3 Å². The van der Waals surface area contributed by atoms with Crippen LogP contribution >= 0.6 is 0 Å². The van der Waals surface area contributed by atoms with Gasteiger partial charge in [0, 0.05) is 37.9 Å². The van der Waals surface area contributed by atoms with E-state index in [-0.39, 0.29) is 23.6 Å². The van der Waals surface area contributed by atoms with E-state index >= 15 is 0 Å². The summed E-state index contributed by atoms with van der Waals surface area (Å²) in [5, 5.41) is 10.9. The molecule has 178 valence electrons. The molecule has 32 heavy (non-hydrogen) atoms. The van der Waals surface area contributed by atoms with Gasteiger partial charge >= 0.3 is 5.69 Å². The molecule has 1 amide bonds. The second kappa shape index (κ2) is 13.3. The van der Waals surface area contributed by atoms with Crippen molar-refractivity contribution in [1.82, 2.24) is 9.80 Å². The summed E-state index contributed by atoms with van der Waals surface area (Å²) >= 11 is 0. The van der Waals surface area contributed by atoms with Crippen molar-refractivity contribution >= 4 is 11.6 Å². The van der Waals surface area contributed by atoms with Gasteiger partial charge in [0.15, 0.2) is 0 Å². The van der Waals surface area contributed by atoms with Gasteiger partial charge in [-0.15, -0.1) is 6.58 Å². The molecule has 0 aromatic heterocycles. The second-order valence-corrected chi connectivity index (χ2v) is 8.61. The van der Waals surface area contributed by atoms with Crippen molar-refractivity contribution in [3.8, 4) is 0 Å². The highest BCUT2D eigenvalue weighted by atomic mass is 19.1. The SMILES string of the molecule is C=CCN(C)CCCCCCO[C@H]1CC[C@H](N(C)C(=O)c2ccc(F)c([N+](=O)[O-])c2)CC1. The lowest BCUT2D eigenvalue weighted by molar-refractivity contribution is -0.387. The molecule has 0 saturated heterocycles. The minimum Gasteiger partial charge on any atom is -0.378 e. The number of ether oxygens (including phenoxy) is 1. The van der Waals surface area contributed by atoms with E-state index in [2.05, 4.69) is 18.5 Å². The highest BCUT2D eigenvalue weighted by molar-refractivity contribution is 5.94. The maximum atomic E-state index is 13.5. The summed E-state index contributed by atoms with van der Waals surface area (Å²) in [5.74, 6) is -1.26. The first-order valence-electron chi connectivity index (χ1n) is 11.5. The third-order valence-corrected chi connectivity index (χ3v) is 6.13. The Labute approximate surface area is 190 Å². The number of nitro benzene ring substituents is 1. The average Bonchev–Trinajstić information content (AvgIpc) is 2.78. The minimum absolute atomic E-state index is 0.0546. The summed E-state index contributed by atoms with van der Waals surface area (Å²) in [6.07, 6.45) is 10.2. The molecule has 7 nitrogen and oxygen atoms in total. The Bertz CT molecular complexity index is 766. The van der Waals surface area contributed by atoms with E-state index in [1.165, 1.54) is 25.3 Å². The van der Waals surface area contributed by atoms with Crippen LogP contribution in [0, 0.1) is 15.9 Å². The standard InChI is InChI=1S/C24H36FN3O4/c1-4-15-26(2)16-7-5-6-8-17-32-21-12-10-20(11-13-21)27(3)24(29)19-9-14-22(25)23(18-19)28(30)31/h4,9,14,18,20-21H,1,5-8,10-13,15-17H2,2-3H3/t20-,21-. The molecule has 8 heteroatoms. The number of amides is 1. The first kappa shape index (κ1) is 25.9. The van der Waals surface area contributed by atoms with Crippen molar-refractivity contribution in [2.45, 2.75) is 63.5 Å². The number of nitro groups is 1. The van der Waals surface area contributed by atoms with E-state index < -0.39 is 16.4 Å². The molecular formula is C24H36FN3O4. The quantitative estimate of drug-likeness (QED) is 0.187. The van der Waals surface area contributed by atoms with Gasteiger partial charge in [-0.2, -0.15) is 4.39 Å². The van der Waals surface area contributed by atoms with Crippen LogP contribution in [-0.4, -0.2) is 66.6 Å². The third kappa shape index (κ3) is 7.98. The summed E-state index contributed by atoms with van der Waals surface area (Å²) in [4.78, 5) is 26.7. The van der Waals surface area contributed by atoms with E-state index in [1.54, 1.807) is 11.9 Å². The van der Waals surface area contributed by atoms with E-state index in [9.17, 15) is 19.3 Å². The summed E-state index contributed by atoms with van der Waals surface area (Å²) < 4.78 is 19.6. The molecule has 1 aliphatic rings. The van der Waals surface area contributed by atoms with E-state index in [0.29, 0.717) is 0 Å². The average molecular weight is 450 g/mol. The second-order valence-electron chi connectivity index (χ2n) is 8.61. The number of hydrogen-bond donors (Lipinski definition) is 0. The summed E-state index contributed by atoms with van der Waals surface area (Å²) in [7, 11) is 3.81. The molecule has 1 aromatic rings. The van der Waals surface area contributed by atoms with Gasteiger partial charge in [-0.3, -0.25) is 14.9 Å². The number of halogens is 1. The Kier molecular flexibility index (Phi) is 10.8. The van der Waals surface area contributed by atoms with Gasteiger partial charge in [0.1, 0.15) is 0 Å². The number of unbranched alkanes of at least 4 members (excludes halogenated alkanes) is 3. The lowest BCUT2D eigenvalue weighted by atomic mass is 9.91. The molecule has 0 bridgehead atoms. The zero-order valence-corrected chi connectivity index (χ0v) is 19.3. The van der Waals surface area contributed by atoms with Crippen LogP contribution in [0.25, 0.3) is 0 Å². The number of hydrogen-bond acceptors (Lipinski definition) is 5. The molecule has 2 rings (SSSR count). The van der Waals surface area contributed by atoms with Crippen LogP contribution in [0.4, 0.5) is 10.1 Å². The van der Waals surface area contributed by atoms with Crippen LogP contribution in [0.5, 0.6) is 0 Å². The Hall–Kier alpha value is -2.32. The fraction of sp³-hybridized carbons (Fsp3) is 0.625. The summed E-state index contributed by atoms with van der Waals surface area (Å²) in [6, 6.07) is 3.34. The zero-order chi connectivity index (χ0) is 23.5. The number of nitrogens with zero attached hydrogens (tertiary/aromatic N) is 3. The predicted molar refractivity (Wildman–Crippen MR) is 123 cm³/mol. The van der Waals surface area contributed by atoms with Gasteiger partial charge in [0.25, 0.3) is 5.91 Å².